The number of halogens is 1. The van der Waals surface area contributed by atoms with Crippen molar-refractivity contribution in [3.63, 3.8) is 0 Å². The van der Waals surface area contributed by atoms with Gasteiger partial charge in [-0.15, -0.1) is 0 Å². The van der Waals surface area contributed by atoms with E-state index in [0.717, 1.165) is 9.99 Å². The third-order valence-electron chi connectivity index (χ3n) is 2.38. The van der Waals surface area contributed by atoms with Crippen LogP contribution in [0, 0.1) is 3.57 Å². The fraction of sp³-hybridized carbons (Fsp3) is 0.231. The molecule has 0 fully saturated rings. The van der Waals surface area contributed by atoms with E-state index in [1.165, 1.54) is 5.56 Å². The summed E-state index contributed by atoms with van der Waals surface area (Å²) in [4.78, 5) is 8.46. The van der Waals surface area contributed by atoms with E-state index in [0.29, 0.717) is 12.0 Å². The topological polar surface area (TPSA) is 37.8 Å². The first kappa shape index (κ1) is 12.3. The Kier molecular flexibility index (Phi) is 4.30. The predicted octanol–water partition coefficient (Wildman–Crippen LogP) is 3.12. The second kappa shape index (κ2) is 5.95. The molecule has 1 N–H and O–H groups in total. The third-order valence-corrected chi connectivity index (χ3v) is 2.94. The quantitative estimate of drug-likeness (QED) is 0.870. The van der Waals surface area contributed by atoms with Crippen LogP contribution in [0.15, 0.2) is 42.7 Å². The molecule has 0 aliphatic carbocycles. The van der Waals surface area contributed by atoms with Crippen molar-refractivity contribution in [3.05, 3.63) is 51.9 Å². The van der Waals surface area contributed by atoms with Crippen LogP contribution in [0.2, 0.25) is 0 Å². The first-order valence-corrected chi connectivity index (χ1v) is 6.60. The Morgan fingerprint density at radius 1 is 1.18 bits per heavy atom. The van der Waals surface area contributed by atoms with Gasteiger partial charge in [0.1, 0.15) is 0 Å². The Morgan fingerprint density at radius 2 is 1.82 bits per heavy atom. The Morgan fingerprint density at radius 3 is 2.47 bits per heavy atom. The van der Waals surface area contributed by atoms with Crippen molar-refractivity contribution in [2.24, 2.45) is 0 Å². The molecule has 0 aliphatic heterocycles. The first-order valence-electron chi connectivity index (χ1n) is 5.52. The molecule has 17 heavy (non-hydrogen) atoms. The fourth-order valence-electron chi connectivity index (χ4n) is 1.63. The minimum Gasteiger partial charge on any atom is -0.351 e. The molecule has 1 heterocycles. The monoisotopic (exact) mass is 339 g/mol. The van der Waals surface area contributed by atoms with E-state index in [1.807, 2.05) is 18.5 Å². The molecule has 0 bridgehead atoms. The second-order valence-corrected chi connectivity index (χ2v) is 5.21. The van der Waals surface area contributed by atoms with E-state index in [1.54, 1.807) is 0 Å². The standard InChI is InChI=1S/C13H14IN3/c1-10(7-11-5-3-2-4-6-11)17-13-15-8-12(14)9-16-13/h2-6,8-10H,7H2,1H3,(H,15,16,17). The van der Waals surface area contributed by atoms with Gasteiger partial charge in [0.2, 0.25) is 5.95 Å². The number of nitrogens with zero attached hydrogens (tertiary/aromatic N) is 2. The molecule has 88 valence electrons. The van der Waals surface area contributed by atoms with Gasteiger partial charge >= 0.3 is 0 Å². The lowest BCUT2D eigenvalue weighted by molar-refractivity contribution is 0.777. The number of rotatable bonds is 4. The van der Waals surface area contributed by atoms with Crippen LogP contribution in [0.25, 0.3) is 0 Å². The average molecular weight is 339 g/mol. The summed E-state index contributed by atoms with van der Waals surface area (Å²) in [5.74, 6) is 0.689. The maximum absolute atomic E-state index is 4.23. The van der Waals surface area contributed by atoms with Crippen molar-refractivity contribution < 1.29 is 0 Å². The molecule has 0 saturated carbocycles. The zero-order valence-electron chi connectivity index (χ0n) is 9.60. The lowest BCUT2D eigenvalue weighted by atomic mass is 10.1. The molecule has 1 aromatic heterocycles. The van der Waals surface area contributed by atoms with E-state index < -0.39 is 0 Å². The van der Waals surface area contributed by atoms with Gasteiger partial charge in [0.05, 0.1) is 0 Å². The minimum atomic E-state index is 0.317. The Hall–Kier alpha value is -1.17. The van der Waals surface area contributed by atoms with Crippen LogP contribution in [0.3, 0.4) is 0 Å². The third kappa shape index (κ3) is 3.96. The highest BCUT2D eigenvalue weighted by Gasteiger charge is 2.04. The molecule has 1 aromatic carbocycles. The predicted molar refractivity (Wildman–Crippen MR) is 78.0 cm³/mol. The van der Waals surface area contributed by atoms with E-state index in [4.69, 9.17) is 0 Å². The van der Waals surface area contributed by atoms with Crippen LogP contribution in [0.5, 0.6) is 0 Å². The van der Waals surface area contributed by atoms with Crippen molar-refractivity contribution in [2.75, 3.05) is 5.32 Å². The van der Waals surface area contributed by atoms with Crippen LogP contribution >= 0.6 is 22.6 Å². The SMILES string of the molecule is CC(Cc1ccccc1)Nc1ncc(I)cn1. The Bertz CT molecular complexity index is 456. The number of hydrogen-bond acceptors (Lipinski definition) is 3. The van der Waals surface area contributed by atoms with Crippen molar-refractivity contribution in [3.8, 4) is 0 Å². The van der Waals surface area contributed by atoms with Gasteiger partial charge in [0.25, 0.3) is 0 Å². The molecule has 2 aromatic rings. The summed E-state index contributed by atoms with van der Waals surface area (Å²) in [5, 5.41) is 3.29. The Balaban J connectivity index is 1.93. The zero-order valence-corrected chi connectivity index (χ0v) is 11.8. The lowest BCUT2D eigenvalue weighted by Gasteiger charge is -2.13. The molecule has 4 heteroatoms. The summed E-state index contributed by atoms with van der Waals surface area (Å²) in [6.07, 6.45) is 4.59. The van der Waals surface area contributed by atoms with E-state index >= 15 is 0 Å². The maximum Gasteiger partial charge on any atom is 0.222 e. The Labute approximate surface area is 115 Å². The van der Waals surface area contributed by atoms with Gasteiger partial charge in [-0.1, -0.05) is 30.3 Å². The second-order valence-electron chi connectivity index (χ2n) is 3.96. The molecule has 0 spiro atoms. The number of benzene rings is 1. The molecular formula is C13H14IN3. The molecule has 1 unspecified atom stereocenters. The van der Waals surface area contributed by atoms with Crippen molar-refractivity contribution in [2.45, 2.75) is 19.4 Å². The fourth-order valence-corrected chi connectivity index (χ4v) is 1.90. The highest BCUT2D eigenvalue weighted by Crippen LogP contribution is 2.08. The van der Waals surface area contributed by atoms with Crippen LogP contribution in [-0.2, 0) is 6.42 Å². The van der Waals surface area contributed by atoms with E-state index in [9.17, 15) is 0 Å². The number of hydrogen-bond donors (Lipinski definition) is 1. The molecular weight excluding hydrogens is 325 g/mol. The van der Waals surface area contributed by atoms with Gasteiger partial charge in [0.15, 0.2) is 0 Å². The molecule has 0 radical (unpaired) electrons. The van der Waals surface area contributed by atoms with Gasteiger partial charge in [-0.25, -0.2) is 9.97 Å². The highest BCUT2D eigenvalue weighted by atomic mass is 127. The maximum atomic E-state index is 4.23. The molecule has 2 rings (SSSR count). The summed E-state index contributed by atoms with van der Waals surface area (Å²) >= 11 is 2.20. The van der Waals surface area contributed by atoms with Crippen LogP contribution in [-0.4, -0.2) is 16.0 Å². The van der Waals surface area contributed by atoms with Crippen LogP contribution < -0.4 is 5.32 Å². The van der Waals surface area contributed by atoms with E-state index in [-0.39, 0.29) is 0 Å². The first-order chi connectivity index (χ1) is 8.24. The largest absolute Gasteiger partial charge is 0.351 e. The van der Waals surface area contributed by atoms with Gasteiger partial charge in [-0.3, -0.25) is 0 Å². The summed E-state index contributed by atoms with van der Waals surface area (Å²) in [6, 6.07) is 10.7. The van der Waals surface area contributed by atoms with Crippen LogP contribution in [0.4, 0.5) is 5.95 Å². The highest BCUT2D eigenvalue weighted by molar-refractivity contribution is 14.1. The number of nitrogens with one attached hydrogen (secondary N) is 1. The van der Waals surface area contributed by atoms with Gasteiger partial charge < -0.3 is 5.32 Å². The summed E-state index contributed by atoms with van der Waals surface area (Å²) in [6.45, 7) is 2.13. The van der Waals surface area contributed by atoms with Crippen molar-refractivity contribution >= 4 is 28.5 Å². The van der Waals surface area contributed by atoms with Crippen LogP contribution in [0.1, 0.15) is 12.5 Å². The molecule has 0 amide bonds. The van der Waals surface area contributed by atoms with Crippen molar-refractivity contribution in [1.82, 2.24) is 9.97 Å². The smallest absolute Gasteiger partial charge is 0.222 e. The van der Waals surface area contributed by atoms with E-state index in [2.05, 4.69) is 69.1 Å². The summed E-state index contributed by atoms with van der Waals surface area (Å²) in [5.41, 5.74) is 1.32. The average Bonchev–Trinajstić information content (AvgIpc) is 2.33. The lowest BCUT2D eigenvalue weighted by Crippen LogP contribution is -2.19. The molecule has 3 nitrogen and oxygen atoms in total. The number of aromatic nitrogens is 2. The van der Waals surface area contributed by atoms with Gasteiger partial charge in [0, 0.05) is 22.0 Å². The molecule has 0 saturated heterocycles. The van der Waals surface area contributed by atoms with Gasteiger partial charge in [-0.05, 0) is 41.5 Å². The van der Waals surface area contributed by atoms with Gasteiger partial charge in [-0.2, -0.15) is 0 Å². The summed E-state index contributed by atoms with van der Waals surface area (Å²) < 4.78 is 1.05. The molecule has 0 aliphatic rings. The van der Waals surface area contributed by atoms with Crippen molar-refractivity contribution in [1.29, 1.82) is 0 Å². The summed E-state index contributed by atoms with van der Waals surface area (Å²) in [7, 11) is 0. The molecule has 1 atom stereocenters. The zero-order chi connectivity index (χ0) is 12.1. The number of anilines is 1. The minimum absolute atomic E-state index is 0.317. The normalized spacial score (nSPS) is 12.1.